The van der Waals surface area contributed by atoms with Gasteiger partial charge in [0.1, 0.15) is 0 Å². The predicted octanol–water partition coefficient (Wildman–Crippen LogP) is 1.43. The quantitative estimate of drug-likeness (QED) is 0.197. The van der Waals surface area contributed by atoms with Gasteiger partial charge in [-0.2, -0.15) is 10.1 Å². The van der Waals surface area contributed by atoms with Crippen molar-refractivity contribution >= 4 is 68.8 Å². The van der Waals surface area contributed by atoms with Crippen molar-refractivity contribution in [1.82, 2.24) is 31.4 Å². The maximum Gasteiger partial charge on any atom is 0.239 e. The van der Waals surface area contributed by atoms with E-state index in [-0.39, 0.29) is 48.8 Å². The molecule has 2 unspecified atom stereocenters. The van der Waals surface area contributed by atoms with Gasteiger partial charge in [0.15, 0.2) is 0 Å². The topological polar surface area (TPSA) is 132 Å². The predicted molar refractivity (Wildman–Crippen MR) is 158 cm³/mol. The van der Waals surface area contributed by atoms with E-state index in [1.54, 1.807) is 0 Å². The number of carbonyl (C=O) groups excluding carboxylic acids is 4. The molecule has 37 heavy (non-hydrogen) atoms. The number of amides is 4. The van der Waals surface area contributed by atoms with E-state index in [4.69, 9.17) is 4.94 Å². The Balaban J connectivity index is 2.16. The van der Waals surface area contributed by atoms with Gasteiger partial charge in [-0.1, -0.05) is 45.2 Å². The van der Waals surface area contributed by atoms with Crippen LogP contribution in [-0.2, 0) is 24.1 Å². The fourth-order valence-corrected chi connectivity index (χ4v) is 5.96. The molecule has 0 aliphatic carbocycles. The molecule has 212 valence electrons. The van der Waals surface area contributed by atoms with E-state index in [0.29, 0.717) is 21.7 Å². The second-order valence-electron chi connectivity index (χ2n) is 12.1. The number of nitrogens with zero attached hydrogens (tertiary/aromatic N) is 2. The molecule has 0 spiro atoms. The molecule has 11 nitrogen and oxygen atoms in total. The zero-order chi connectivity index (χ0) is 28.4. The van der Waals surface area contributed by atoms with Crippen LogP contribution in [0.5, 0.6) is 0 Å². The van der Waals surface area contributed by atoms with Gasteiger partial charge in [-0.15, -0.1) is 0 Å². The number of hydroxylamine groups is 4. The summed E-state index contributed by atoms with van der Waals surface area (Å²) in [7, 11) is 0. The molecule has 2 atom stereocenters. The molecule has 2 aliphatic heterocycles. The summed E-state index contributed by atoms with van der Waals surface area (Å²) in [6.07, 6.45) is 1.30. The van der Waals surface area contributed by atoms with Crippen molar-refractivity contribution in [2.45, 2.75) is 102 Å². The minimum Gasteiger partial charge on any atom is -0.350 e. The van der Waals surface area contributed by atoms with Crippen LogP contribution in [0.2, 0.25) is 0 Å². The van der Waals surface area contributed by atoms with Crippen molar-refractivity contribution in [2.75, 3.05) is 21.9 Å². The first-order chi connectivity index (χ1) is 16.9. The van der Waals surface area contributed by atoms with Gasteiger partial charge in [0.2, 0.25) is 23.6 Å². The van der Waals surface area contributed by atoms with Crippen LogP contribution in [0.25, 0.3) is 0 Å². The van der Waals surface area contributed by atoms with Crippen LogP contribution < -0.4 is 21.3 Å². The molecule has 0 radical (unpaired) electrons. The van der Waals surface area contributed by atoms with Crippen molar-refractivity contribution in [3.63, 3.8) is 0 Å². The fraction of sp³-hybridized carbons (Fsp3) is 0.833. The zero-order valence-corrected chi connectivity index (χ0v) is 27.4. The van der Waals surface area contributed by atoms with Crippen molar-refractivity contribution in [3.05, 3.63) is 0 Å². The van der Waals surface area contributed by atoms with Gasteiger partial charge in [0.05, 0.1) is 45.1 Å². The standard InChI is InChI=1S/C24H42I2N6O5/c1-21(2)9-15(29-19(35)13-27-17(33)11-25)23(5,6)31(21)37-32-22(3,4)10-16(24(32,7)8)30-20(36)14-28-18(34)12-26/h15-16H,9-14H2,1-8H3,(H,27,33)(H,28,34)(H,29,35)(H,30,36). The Kier molecular flexibility index (Phi) is 10.7. The van der Waals surface area contributed by atoms with Gasteiger partial charge >= 0.3 is 0 Å². The van der Waals surface area contributed by atoms with Crippen molar-refractivity contribution in [1.29, 1.82) is 0 Å². The molecule has 2 aliphatic rings. The SMILES string of the molecule is CC1(C)CC(NC(=O)CNC(=O)CI)C(C)(C)N1ON1C(C)(C)CC(NC(=O)CNC(=O)CI)C1(C)C. The number of nitrogens with one attached hydrogen (secondary N) is 4. The summed E-state index contributed by atoms with van der Waals surface area (Å²) in [6.45, 7) is 16.3. The third-order valence-electron chi connectivity index (χ3n) is 7.23. The summed E-state index contributed by atoms with van der Waals surface area (Å²) in [5.74, 6) is -0.847. The molecule has 2 fully saturated rings. The monoisotopic (exact) mass is 748 g/mol. The number of hydrogen-bond donors (Lipinski definition) is 4. The molecule has 4 amide bonds. The zero-order valence-electron chi connectivity index (χ0n) is 23.1. The highest BCUT2D eigenvalue weighted by atomic mass is 127. The highest BCUT2D eigenvalue weighted by molar-refractivity contribution is 14.1. The highest BCUT2D eigenvalue weighted by Gasteiger charge is 2.59. The highest BCUT2D eigenvalue weighted by Crippen LogP contribution is 2.47. The third-order valence-corrected chi connectivity index (χ3v) is 8.61. The summed E-state index contributed by atoms with van der Waals surface area (Å²) in [6, 6.07) is -0.422. The molecular formula is C24H42I2N6O5. The van der Waals surface area contributed by atoms with E-state index < -0.39 is 22.2 Å². The van der Waals surface area contributed by atoms with E-state index in [1.165, 1.54) is 0 Å². The Morgan fingerprint density at radius 1 is 0.676 bits per heavy atom. The third kappa shape index (κ3) is 7.66. The van der Waals surface area contributed by atoms with E-state index in [0.717, 1.165) is 0 Å². The molecule has 0 aromatic carbocycles. The van der Waals surface area contributed by atoms with Crippen LogP contribution >= 0.6 is 45.2 Å². The van der Waals surface area contributed by atoms with Crippen LogP contribution in [0.3, 0.4) is 0 Å². The lowest BCUT2D eigenvalue weighted by Gasteiger charge is -2.48. The molecule has 0 aromatic heterocycles. The van der Waals surface area contributed by atoms with Gasteiger partial charge in [0.25, 0.3) is 0 Å². The molecular weight excluding hydrogens is 706 g/mol. The van der Waals surface area contributed by atoms with Crippen LogP contribution in [0.15, 0.2) is 0 Å². The first-order valence-corrected chi connectivity index (χ1v) is 15.5. The lowest BCUT2D eigenvalue weighted by molar-refractivity contribution is -0.409. The first-order valence-electron chi connectivity index (χ1n) is 12.4. The molecule has 0 bridgehead atoms. The second kappa shape index (κ2) is 12.2. The normalized spacial score (nSPS) is 25.9. The van der Waals surface area contributed by atoms with Crippen LogP contribution in [0.4, 0.5) is 0 Å². The maximum absolute atomic E-state index is 12.6. The van der Waals surface area contributed by atoms with Gasteiger partial charge in [-0.05, 0) is 68.2 Å². The van der Waals surface area contributed by atoms with E-state index in [2.05, 4.69) is 49.0 Å². The molecule has 2 saturated heterocycles. The van der Waals surface area contributed by atoms with Crippen molar-refractivity contribution in [3.8, 4) is 0 Å². The summed E-state index contributed by atoms with van der Waals surface area (Å²) in [5, 5.41) is 15.3. The molecule has 13 heteroatoms. The van der Waals surface area contributed by atoms with Crippen molar-refractivity contribution in [2.24, 2.45) is 0 Å². The van der Waals surface area contributed by atoms with Gasteiger partial charge < -0.3 is 21.3 Å². The Morgan fingerprint density at radius 3 is 1.30 bits per heavy atom. The van der Waals surface area contributed by atoms with Crippen LogP contribution in [0.1, 0.15) is 68.2 Å². The van der Waals surface area contributed by atoms with Crippen LogP contribution in [-0.4, -0.2) is 89.9 Å². The minimum absolute atomic E-state index is 0.0679. The molecule has 0 saturated carbocycles. The number of rotatable bonds is 10. The van der Waals surface area contributed by atoms with E-state index in [1.807, 2.05) is 83.0 Å². The van der Waals surface area contributed by atoms with Crippen LogP contribution in [0, 0.1) is 0 Å². The summed E-state index contributed by atoms with van der Waals surface area (Å²) in [4.78, 5) is 54.9. The lowest BCUT2D eigenvalue weighted by Crippen LogP contribution is -2.62. The van der Waals surface area contributed by atoms with E-state index >= 15 is 0 Å². The summed E-state index contributed by atoms with van der Waals surface area (Å²) < 4.78 is 0.592. The Labute approximate surface area is 247 Å². The van der Waals surface area contributed by atoms with Gasteiger partial charge in [0, 0.05) is 11.1 Å². The molecule has 2 heterocycles. The molecule has 0 aromatic rings. The average molecular weight is 748 g/mol. The Bertz CT molecular complexity index is 825. The number of alkyl halides is 2. The first kappa shape index (κ1) is 32.4. The van der Waals surface area contributed by atoms with Gasteiger partial charge in [-0.25, -0.2) is 4.94 Å². The number of halogens is 2. The molecule has 2 rings (SSSR count). The van der Waals surface area contributed by atoms with Crippen molar-refractivity contribution < 1.29 is 24.1 Å². The largest absolute Gasteiger partial charge is 0.350 e. The van der Waals surface area contributed by atoms with E-state index in [9.17, 15) is 19.2 Å². The lowest BCUT2D eigenvalue weighted by atomic mass is 9.94. The number of hydrogen-bond acceptors (Lipinski definition) is 7. The Morgan fingerprint density at radius 2 is 1.00 bits per heavy atom. The average Bonchev–Trinajstić information content (AvgIpc) is 3.06. The number of carbonyl (C=O) groups is 4. The Hall–Kier alpha value is -0.780. The molecule has 4 N–H and O–H groups in total. The smallest absolute Gasteiger partial charge is 0.239 e. The minimum atomic E-state index is -0.566. The summed E-state index contributed by atoms with van der Waals surface area (Å²) in [5.41, 5.74) is -1.96. The van der Waals surface area contributed by atoms with Gasteiger partial charge in [-0.3, -0.25) is 19.2 Å². The summed E-state index contributed by atoms with van der Waals surface area (Å²) >= 11 is 3.91. The fourth-order valence-electron chi connectivity index (χ4n) is 5.42. The second-order valence-corrected chi connectivity index (χ2v) is 13.6. The maximum atomic E-state index is 12.6.